The second kappa shape index (κ2) is 11.2. The van der Waals surface area contributed by atoms with Crippen LogP contribution in [0.1, 0.15) is 29.0 Å². The molecular formula is C28H34N2O2S. The van der Waals surface area contributed by atoms with Crippen LogP contribution in [-0.2, 0) is 6.42 Å². The Morgan fingerprint density at radius 2 is 1.67 bits per heavy atom. The maximum atomic E-state index is 9.85. The average Bonchev–Trinajstić information content (AvgIpc) is 3.15. The highest BCUT2D eigenvalue weighted by Crippen LogP contribution is 2.44. The van der Waals surface area contributed by atoms with E-state index in [0.717, 1.165) is 25.1 Å². The number of hydrazine groups is 1. The van der Waals surface area contributed by atoms with Crippen LogP contribution in [0.25, 0.3) is 0 Å². The summed E-state index contributed by atoms with van der Waals surface area (Å²) in [5.74, 6) is 8.40. The Morgan fingerprint density at radius 1 is 1.03 bits per heavy atom. The van der Waals surface area contributed by atoms with E-state index in [1.165, 1.54) is 21.6 Å². The Labute approximate surface area is 201 Å². The van der Waals surface area contributed by atoms with E-state index < -0.39 is 0 Å². The minimum absolute atomic E-state index is 0.106. The van der Waals surface area contributed by atoms with Gasteiger partial charge in [0.15, 0.2) is 0 Å². The number of methoxy groups -OCH3 is 1. The van der Waals surface area contributed by atoms with Gasteiger partial charge in [-0.15, -0.1) is 11.8 Å². The molecule has 0 saturated carbocycles. The summed E-state index contributed by atoms with van der Waals surface area (Å²) < 4.78 is 5.74. The molecule has 1 heterocycles. The first kappa shape index (κ1) is 23.8. The van der Waals surface area contributed by atoms with Crippen LogP contribution < -0.4 is 10.6 Å². The van der Waals surface area contributed by atoms with Crippen LogP contribution in [0.4, 0.5) is 0 Å². The lowest BCUT2D eigenvalue weighted by atomic mass is 9.74. The lowest BCUT2D eigenvalue weighted by molar-refractivity contribution is 0.206. The van der Waals surface area contributed by atoms with Crippen LogP contribution in [0.15, 0.2) is 83.8 Å². The molecule has 1 aliphatic rings. The molecule has 1 aliphatic heterocycles. The molecule has 4 nitrogen and oxygen atoms in total. The lowest BCUT2D eigenvalue weighted by Gasteiger charge is -2.34. The Hall–Kier alpha value is -2.31. The summed E-state index contributed by atoms with van der Waals surface area (Å²) in [6.45, 7) is 0.946. The second-order valence-electron chi connectivity index (χ2n) is 8.80. The molecule has 0 radical (unpaired) electrons. The molecule has 1 saturated heterocycles. The minimum Gasteiger partial charge on any atom is -0.496 e. The van der Waals surface area contributed by atoms with Crippen molar-refractivity contribution in [3.63, 3.8) is 0 Å². The zero-order chi connectivity index (χ0) is 23.2. The lowest BCUT2D eigenvalue weighted by Crippen LogP contribution is -2.43. The summed E-state index contributed by atoms with van der Waals surface area (Å²) in [4.78, 5) is 1.23. The topological polar surface area (TPSA) is 58.7 Å². The standard InChI is InChI=1S/C28H34N2O2S/c1-32-26-14-13-24(33-2)17-23(26)18-25-22(15-16-31)19-30(29)28(25)27(20-9-5-3-6-10-20)21-11-7-4-8-12-21/h3-14,17,22,25,27-28,31H,15-16,18-19,29H2,1-2H3/t22-,25+,28+/m1/s1. The predicted molar refractivity (Wildman–Crippen MR) is 137 cm³/mol. The Balaban J connectivity index is 1.78. The number of aliphatic hydroxyl groups excluding tert-OH is 1. The van der Waals surface area contributed by atoms with Crippen molar-refractivity contribution in [2.24, 2.45) is 17.7 Å². The Bertz CT molecular complexity index is 975. The molecule has 3 aromatic carbocycles. The van der Waals surface area contributed by atoms with E-state index in [9.17, 15) is 5.11 Å². The molecule has 33 heavy (non-hydrogen) atoms. The summed E-state index contributed by atoms with van der Waals surface area (Å²) in [7, 11) is 1.74. The van der Waals surface area contributed by atoms with E-state index in [2.05, 4.69) is 85.1 Å². The first-order valence-corrected chi connectivity index (χ1v) is 12.8. The van der Waals surface area contributed by atoms with Gasteiger partial charge in [-0.3, -0.25) is 5.84 Å². The fourth-order valence-corrected chi connectivity index (χ4v) is 5.92. The molecule has 174 valence electrons. The number of thioether (sulfide) groups is 1. The van der Waals surface area contributed by atoms with Crippen LogP contribution in [0.3, 0.4) is 0 Å². The van der Waals surface area contributed by atoms with Gasteiger partial charge in [0.05, 0.1) is 7.11 Å². The SMILES string of the molecule is COc1ccc(SC)cc1C[C@H]1[C@H](CCO)CN(N)[C@@H]1C(c1ccccc1)c1ccccc1. The van der Waals surface area contributed by atoms with E-state index in [-0.39, 0.29) is 24.5 Å². The summed E-state index contributed by atoms with van der Waals surface area (Å²) in [5, 5.41) is 11.9. The van der Waals surface area contributed by atoms with Crippen LogP contribution in [0.5, 0.6) is 5.75 Å². The molecule has 3 aromatic rings. The largest absolute Gasteiger partial charge is 0.496 e. The van der Waals surface area contributed by atoms with E-state index in [0.29, 0.717) is 5.92 Å². The quantitative estimate of drug-likeness (QED) is 0.348. The van der Waals surface area contributed by atoms with Gasteiger partial charge in [-0.2, -0.15) is 0 Å². The first-order valence-electron chi connectivity index (χ1n) is 11.6. The van der Waals surface area contributed by atoms with Crippen molar-refractivity contribution in [3.8, 4) is 5.75 Å². The molecule has 3 atom stereocenters. The van der Waals surface area contributed by atoms with Crippen molar-refractivity contribution in [1.82, 2.24) is 5.01 Å². The van der Waals surface area contributed by atoms with Crippen molar-refractivity contribution in [2.45, 2.75) is 29.7 Å². The average molecular weight is 463 g/mol. The van der Waals surface area contributed by atoms with Gasteiger partial charge in [-0.1, -0.05) is 60.7 Å². The van der Waals surface area contributed by atoms with E-state index in [4.69, 9.17) is 10.6 Å². The zero-order valence-corrected chi connectivity index (χ0v) is 20.2. The number of nitrogens with zero attached hydrogens (tertiary/aromatic N) is 1. The third-order valence-corrected chi connectivity index (χ3v) is 7.70. The molecule has 0 spiro atoms. The van der Waals surface area contributed by atoms with Crippen LogP contribution in [0.2, 0.25) is 0 Å². The molecule has 0 aliphatic carbocycles. The molecule has 5 heteroatoms. The number of nitrogens with two attached hydrogens (primary N) is 1. The van der Waals surface area contributed by atoms with Gasteiger partial charge in [-0.05, 0) is 65.8 Å². The van der Waals surface area contributed by atoms with Gasteiger partial charge in [-0.25, -0.2) is 5.01 Å². The van der Waals surface area contributed by atoms with Gasteiger partial charge in [0, 0.05) is 30.0 Å². The maximum absolute atomic E-state index is 9.85. The van der Waals surface area contributed by atoms with Crippen molar-refractivity contribution in [2.75, 3.05) is 26.5 Å². The van der Waals surface area contributed by atoms with E-state index >= 15 is 0 Å². The van der Waals surface area contributed by atoms with E-state index in [1.807, 2.05) is 5.01 Å². The highest BCUT2D eigenvalue weighted by molar-refractivity contribution is 7.98. The van der Waals surface area contributed by atoms with Gasteiger partial charge in [0.1, 0.15) is 5.75 Å². The molecule has 1 fully saturated rings. The van der Waals surface area contributed by atoms with Gasteiger partial charge in [0.2, 0.25) is 0 Å². The minimum atomic E-state index is 0.106. The fraction of sp³-hybridized carbons (Fsp3) is 0.357. The molecule has 4 rings (SSSR count). The number of hydrogen-bond donors (Lipinski definition) is 2. The highest BCUT2D eigenvalue weighted by atomic mass is 32.2. The zero-order valence-electron chi connectivity index (χ0n) is 19.4. The summed E-state index contributed by atoms with van der Waals surface area (Å²) in [5.41, 5.74) is 3.74. The number of benzene rings is 3. The third kappa shape index (κ3) is 5.28. The molecule has 0 unspecified atom stereocenters. The number of hydrogen-bond acceptors (Lipinski definition) is 5. The predicted octanol–water partition coefficient (Wildman–Crippen LogP) is 4.96. The van der Waals surface area contributed by atoms with Crippen LogP contribution in [0, 0.1) is 11.8 Å². The normalized spacial score (nSPS) is 20.9. The molecule has 0 amide bonds. The van der Waals surface area contributed by atoms with Gasteiger partial charge in [0.25, 0.3) is 0 Å². The maximum Gasteiger partial charge on any atom is 0.122 e. The fourth-order valence-electron chi connectivity index (χ4n) is 5.45. The third-order valence-electron chi connectivity index (χ3n) is 6.97. The molecule has 3 N–H and O–H groups in total. The Morgan fingerprint density at radius 3 is 2.21 bits per heavy atom. The second-order valence-corrected chi connectivity index (χ2v) is 9.68. The number of aliphatic hydroxyl groups is 1. The van der Waals surface area contributed by atoms with Crippen molar-refractivity contribution >= 4 is 11.8 Å². The van der Waals surface area contributed by atoms with Crippen molar-refractivity contribution in [1.29, 1.82) is 0 Å². The van der Waals surface area contributed by atoms with Crippen LogP contribution in [-0.4, -0.2) is 42.7 Å². The summed E-state index contributed by atoms with van der Waals surface area (Å²) >= 11 is 1.74. The molecular weight excluding hydrogens is 428 g/mol. The van der Waals surface area contributed by atoms with Gasteiger partial charge >= 0.3 is 0 Å². The van der Waals surface area contributed by atoms with Gasteiger partial charge < -0.3 is 9.84 Å². The number of rotatable bonds is 9. The number of ether oxygens (including phenoxy) is 1. The smallest absolute Gasteiger partial charge is 0.122 e. The summed E-state index contributed by atoms with van der Waals surface area (Å²) in [6.07, 6.45) is 3.70. The molecule has 0 aromatic heterocycles. The van der Waals surface area contributed by atoms with Crippen molar-refractivity contribution < 1.29 is 9.84 Å². The monoisotopic (exact) mass is 462 g/mol. The summed E-state index contributed by atoms with van der Waals surface area (Å²) in [6, 6.07) is 27.9. The van der Waals surface area contributed by atoms with E-state index in [1.54, 1.807) is 18.9 Å². The van der Waals surface area contributed by atoms with Crippen LogP contribution >= 0.6 is 11.8 Å². The molecule has 0 bridgehead atoms. The van der Waals surface area contributed by atoms with Crippen molar-refractivity contribution in [3.05, 3.63) is 95.6 Å². The Kier molecular flexibility index (Phi) is 8.10. The first-order chi connectivity index (χ1) is 16.2. The highest BCUT2D eigenvalue weighted by Gasteiger charge is 2.45.